The molecule has 0 bridgehead atoms. The molecule has 4 heteroatoms. The highest BCUT2D eigenvalue weighted by molar-refractivity contribution is 5.80. The van der Waals surface area contributed by atoms with Crippen LogP contribution in [-0.4, -0.2) is 23.7 Å². The number of carbonyl (C=O) groups excluding carboxylic acids is 1. The number of aliphatic carboxylic acids is 1. The molecule has 0 aromatic carbocycles. The molecule has 0 spiro atoms. The van der Waals surface area contributed by atoms with Crippen LogP contribution in [0.5, 0.6) is 0 Å². The molecule has 0 aromatic rings. The van der Waals surface area contributed by atoms with Crippen LogP contribution in [0.2, 0.25) is 0 Å². The number of allylic oxidation sites excluding steroid dienone is 1. The molecule has 4 nitrogen and oxygen atoms in total. The van der Waals surface area contributed by atoms with E-state index in [9.17, 15) is 9.59 Å². The van der Waals surface area contributed by atoms with Gasteiger partial charge < -0.3 is 9.84 Å². The third-order valence-electron chi connectivity index (χ3n) is 6.03. The first-order valence-electron chi connectivity index (χ1n) is 13.7. The molecule has 0 radical (unpaired) electrons. The van der Waals surface area contributed by atoms with Crippen molar-refractivity contribution in [2.75, 3.05) is 6.61 Å². The van der Waals surface area contributed by atoms with Gasteiger partial charge in [0, 0.05) is 0 Å². The number of hydrogen-bond acceptors (Lipinski definition) is 3. The van der Waals surface area contributed by atoms with Crippen LogP contribution < -0.4 is 0 Å². The van der Waals surface area contributed by atoms with Crippen molar-refractivity contribution in [2.24, 2.45) is 5.92 Å². The van der Waals surface area contributed by atoms with Gasteiger partial charge in [-0.1, -0.05) is 129 Å². The Morgan fingerprint density at radius 3 is 1.59 bits per heavy atom. The predicted octanol–water partition coefficient (Wildman–Crippen LogP) is 8.63. The highest BCUT2D eigenvalue weighted by atomic mass is 16.5. The summed E-state index contributed by atoms with van der Waals surface area (Å²) in [5.41, 5.74) is 0. The molecule has 1 atom stereocenters. The normalized spacial score (nSPS) is 12.3. The Labute approximate surface area is 198 Å². The van der Waals surface area contributed by atoms with Gasteiger partial charge in [-0.05, 0) is 19.3 Å². The van der Waals surface area contributed by atoms with E-state index in [1.54, 1.807) is 6.08 Å². The fourth-order valence-electron chi connectivity index (χ4n) is 3.94. The Hall–Kier alpha value is -1.32. The summed E-state index contributed by atoms with van der Waals surface area (Å²) < 4.78 is 5.37. The SMILES string of the molecule is CCCCCCCCCCC=CC(CC(=O)O)C(=O)OCCCCCCCCCCCC. The van der Waals surface area contributed by atoms with Gasteiger partial charge in [-0.2, -0.15) is 0 Å². The maximum atomic E-state index is 12.3. The first-order chi connectivity index (χ1) is 15.6. The fourth-order valence-corrected chi connectivity index (χ4v) is 3.94. The molecule has 0 aliphatic rings. The van der Waals surface area contributed by atoms with Crippen LogP contribution in [0.1, 0.15) is 142 Å². The Kier molecular flexibility index (Phi) is 23.3. The average Bonchev–Trinajstić information content (AvgIpc) is 2.77. The van der Waals surface area contributed by atoms with Gasteiger partial charge in [-0.25, -0.2) is 0 Å². The van der Waals surface area contributed by atoms with E-state index in [2.05, 4.69) is 13.8 Å². The zero-order chi connectivity index (χ0) is 23.7. The maximum absolute atomic E-state index is 12.3. The van der Waals surface area contributed by atoms with Crippen LogP contribution in [0, 0.1) is 5.92 Å². The summed E-state index contributed by atoms with van der Waals surface area (Å²) in [6, 6.07) is 0. The number of rotatable bonds is 24. The molecular weight excluding hydrogens is 400 g/mol. The monoisotopic (exact) mass is 452 g/mol. The van der Waals surface area contributed by atoms with E-state index in [1.165, 1.54) is 96.3 Å². The zero-order valence-corrected chi connectivity index (χ0v) is 21.3. The Morgan fingerprint density at radius 1 is 0.688 bits per heavy atom. The van der Waals surface area contributed by atoms with Crippen LogP contribution in [0.3, 0.4) is 0 Å². The van der Waals surface area contributed by atoms with Gasteiger partial charge in [0.1, 0.15) is 0 Å². The van der Waals surface area contributed by atoms with Gasteiger partial charge in [0.15, 0.2) is 0 Å². The second kappa shape index (κ2) is 24.3. The van der Waals surface area contributed by atoms with E-state index in [-0.39, 0.29) is 6.42 Å². The largest absolute Gasteiger partial charge is 0.481 e. The molecule has 0 aromatic heterocycles. The summed E-state index contributed by atoms with van der Waals surface area (Å²) in [5.74, 6) is -2.01. The van der Waals surface area contributed by atoms with Crippen molar-refractivity contribution in [3.8, 4) is 0 Å². The molecular formula is C28H52O4. The summed E-state index contributed by atoms with van der Waals surface area (Å²) >= 11 is 0. The smallest absolute Gasteiger partial charge is 0.313 e. The number of carbonyl (C=O) groups is 2. The molecule has 0 heterocycles. The van der Waals surface area contributed by atoms with Crippen molar-refractivity contribution >= 4 is 11.9 Å². The average molecular weight is 453 g/mol. The first-order valence-corrected chi connectivity index (χ1v) is 13.7. The van der Waals surface area contributed by atoms with Gasteiger partial charge in [0.05, 0.1) is 18.9 Å². The minimum absolute atomic E-state index is 0.190. The van der Waals surface area contributed by atoms with E-state index < -0.39 is 17.9 Å². The zero-order valence-electron chi connectivity index (χ0n) is 21.3. The topological polar surface area (TPSA) is 63.6 Å². The molecule has 1 unspecified atom stereocenters. The van der Waals surface area contributed by atoms with E-state index in [0.29, 0.717) is 6.61 Å². The highest BCUT2D eigenvalue weighted by Crippen LogP contribution is 2.14. The van der Waals surface area contributed by atoms with Gasteiger partial charge in [-0.15, -0.1) is 0 Å². The van der Waals surface area contributed by atoms with E-state index in [0.717, 1.165) is 25.7 Å². The fraction of sp³-hybridized carbons (Fsp3) is 0.857. The summed E-state index contributed by atoms with van der Waals surface area (Å²) in [4.78, 5) is 23.4. The second-order valence-electron chi connectivity index (χ2n) is 9.25. The summed E-state index contributed by atoms with van der Waals surface area (Å²) in [6.07, 6.45) is 26.9. The minimum atomic E-state index is -0.956. The van der Waals surface area contributed by atoms with Crippen LogP contribution in [0.4, 0.5) is 0 Å². The predicted molar refractivity (Wildman–Crippen MR) is 135 cm³/mol. The molecule has 0 amide bonds. The van der Waals surface area contributed by atoms with Crippen molar-refractivity contribution in [1.29, 1.82) is 0 Å². The Bertz CT molecular complexity index is 458. The van der Waals surface area contributed by atoms with Crippen LogP contribution >= 0.6 is 0 Å². The molecule has 0 aliphatic heterocycles. The quantitative estimate of drug-likeness (QED) is 0.0904. The number of esters is 1. The van der Waals surface area contributed by atoms with Crippen molar-refractivity contribution in [3.63, 3.8) is 0 Å². The third kappa shape index (κ3) is 21.9. The lowest BCUT2D eigenvalue weighted by molar-refractivity contribution is -0.151. The molecule has 0 aliphatic carbocycles. The minimum Gasteiger partial charge on any atom is -0.481 e. The standard InChI is InChI=1S/C28H52O4/c1-3-5-7-9-11-13-15-17-19-21-23-26(25-27(29)30)28(31)32-24-22-20-18-16-14-12-10-8-6-4-2/h21,23,26H,3-20,22,24-25H2,1-2H3,(H,29,30). The van der Waals surface area contributed by atoms with Crippen molar-refractivity contribution in [3.05, 3.63) is 12.2 Å². The molecule has 0 rings (SSSR count). The lowest BCUT2D eigenvalue weighted by atomic mass is 10.0. The van der Waals surface area contributed by atoms with E-state index >= 15 is 0 Å². The first kappa shape index (κ1) is 30.7. The summed E-state index contributed by atoms with van der Waals surface area (Å²) in [6.45, 7) is 4.88. The highest BCUT2D eigenvalue weighted by Gasteiger charge is 2.20. The Morgan fingerprint density at radius 2 is 1.12 bits per heavy atom. The molecule has 1 N–H and O–H groups in total. The Balaban J connectivity index is 3.84. The van der Waals surface area contributed by atoms with Gasteiger partial charge in [0.25, 0.3) is 0 Å². The summed E-state index contributed by atoms with van der Waals surface area (Å²) in [7, 11) is 0. The van der Waals surface area contributed by atoms with E-state index in [4.69, 9.17) is 9.84 Å². The number of ether oxygens (including phenoxy) is 1. The molecule has 32 heavy (non-hydrogen) atoms. The maximum Gasteiger partial charge on any atom is 0.313 e. The van der Waals surface area contributed by atoms with Gasteiger partial charge >= 0.3 is 11.9 Å². The van der Waals surface area contributed by atoms with Crippen LogP contribution in [0.15, 0.2) is 12.2 Å². The summed E-state index contributed by atoms with van der Waals surface area (Å²) in [5, 5.41) is 9.11. The number of unbranched alkanes of at least 4 members (excludes halogenated alkanes) is 17. The lowest BCUT2D eigenvalue weighted by Crippen LogP contribution is -2.19. The van der Waals surface area contributed by atoms with Crippen LogP contribution in [-0.2, 0) is 14.3 Å². The molecule has 0 fully saturated rings. The van der Waals surface area contributed by atoms with Crippen LogP contribution in [0.25, 0.3) is 0 Å². The molecule has 0 saturated heterocycles. The molecule has 188 valence electrons. The van der Waals surface area contributed by atoms with Crippen molar-refractivity contribution < 1.29 is 19.4 Å². The lowest BCUT2D eigenvalue weighted by Gasteiger charge is -2.11. The van der Waals surface area contributed by atoms with Crippen molar-refractivity contribution in [2.45, 2.75) is 142 Å². The van der Waals surface area contributed by atoms with E-state index in [1.807, 2.05) is 6.08 Å². The van der Waals surface area contributed by atoms with Crippen molar-refractivity contribution in [1.82, 2.24) is 0 Å². The van der Waals surface area contributed by atoms with Gasteiger partial charge in [0.2, 0.25) is 0 Å². The number of hydrogen-bond donors (Lipinski definition) is 1. The molecule has 0 saturated carbocycles. The third-order valence-corrected chi connectivity index (χ3v) is 6.03. The number of carboxylic acids is 1. The number of carboxylic acid groups (broad SMARTS) is 1. The van der Waals surface area contributed by atoms with Gasteiger partial charge in [-0.3, -0.25) is 9.59 Å². The second-order valence-corrected chi connectivity index (χ2v) is 9.25.